The number of hydrogen-bond acceptors (Lipinski definition) is 2. The molecular weight excluding hydrogens is 172 g/mol. The molecular formula is C12H22N2. The zero-order chi connectivity index (χ0) is 9.54. The summed E-state index contributed by atoms with van der Waals surface area (Å²) in [7, 11) is 0. The maximum absolute atomic E-state index is 6.00. The molecule has 80 valence electrons. The highest BCUT2D eigenvalue weighted by molar-refractivity contribution is 4.97. The molecule has 0 radical (unpaired) electrons. The summed E-state index contributed by atoms with van der Waals surface area (Å²) in [4.78, 5) is 2.71. The molecule has 2 unspecified atom stereocenters. The fourth-order valence-corrected chi connectivity index (χ4v) is 3.29. The maximum atomic E-state index is 6.00. The third-order valence-electron chi connectivity index (χ3n) is 4.42. The van der Waals surface area contributed by atoms with Crippen LogP contribution >= 0.6 is 0 Å². The van der Waals surface area contributed by atoms with Crippen LogP contribution in [0.4, 0.5) is 0 Å². The lowest BCUT2D eigenvalue weighted by Crippen LogP contribution is -2.44. The zero-order valence-corrected chi connectivity index (χ0v) is 8.99. The molecule has 1 aliphatic heterocycles. The van der Waals surface area contributed by atoms with Crippen molar-refractivity contribution in [2.24, 2.45) is 17.6 Å². The first-order valence-corrected chi connectivity index (χ1v) is 6.34. The minimum absolute atomic E-state index is 0.469. The van der Waals surface area contributed by atoms with Gasteiger partial charge in [-0.15, -0.1) is 0 Å². The number of rotatable bonds is 3. The van der Waals surface area contributed by atoms with E-state index in [9.17, 15) is 0 Å². The second-order valence-electron chi connectivity index (χ2n) is 5.56. The summed E-state index contributed by atoms with van der Waals surface area (Å²) >= 11 is 0. The summed E-state index contributed by atoms with van der Waals surface area (Å²) < 4.78 is 0. The number of nitrogens with two attached hydrogens (primary N) is 1. The Kier molecular flexibility index (Phi) is 2.29. The lowest BCUT2D eigenvalue weighted by atomic mass is 9.77. The van der Waals surface area contributed by atoms with Crippen LogP contribution in [0.5, 0.6) is 0 Å². The standard InChI is InChI=1S/C12H22N2/c13-11-6-7-14(8-11)12(10-4-5-10)9-2-1-3-9/h9-12H,1-8,13H2. The van der Waals surface area contributed by atoms with Gasteiger partial charge in [-0.05, 0) is 43.9 Å². The van der Waals surface area contributed by atoms with Crippen molar-refractivity contribution in [2.45, 2.75) is 50.6 Å². The predicted octanol–water partition coefficient (Wildman–Crippen LogP) is 1.60. The van der Waals surface area contributed by atoms with E-state index in [-0.39, 0.29) is 0 Å². The summed E-state index contributed by atoms with van der Waals surface area (Å²) in [6.07, 6.45) is 8.68. The van der Waals surface area contributed by atoms with Crippen molar-refractivity contribution in [1.29, 1.82) is 0 Å². The van der Waals surface area contributed by atoms with Gasteiger partial charge in [0.25, 0.3) is 0 Å². The molecule has 1 saturated heterocycles. The van der Waals surface area contributed by atoms with Crippen LogP contribution in [0.2, 0.25) is 0 Å². The molecule has 0 aromatic carbocycles. The van der Waals surface area contributed by atoms with E-state index < -0.39 is 0 Å². The van der Waals surface area contributed by atoms with Crippen LogP contribution in [0.3, 0.4) is 0 Å². The molecule has 14 heavy (non-hydrogen) atoms. The average Bonchev–Trinajstić information content (AvgIpc) is 2.82. The lowest BCUT2D eigenvalue weighted by molar-refractivity contribution is 0.0987. The lowest BCUT2D eigenvalue weighted by Gasteiger charge is -2.40. The van der Waals surface area contributed by atoms with Crippen molar-refractivity contribution >= 4 is 0 Å². The van der Waals surface area contributed by atoms with E-state index in [1.54, 1.807) is 0 Å². The second kappa shape index (κ2) is 3.49. The Morgan fingerprint density at radius 3 is 2.14 bits per heavy atom. The van der Waals surface area contributed by atoms with E-state index in [0.29, 0.717) is 6.04 Å². The molecule has 2 heteroatoms. The van der Waals surface area contributed by atoms with Gasteiger partial charge in [-0.2, -0.15) is 0 Å². The smallest absolute Gasteiger partial charge is 0.0180 e. The SMILES string of the molecule is NC1CCN(C(C2CCC2)C2CC2)C1. The van der Waals surface area contributed by atoms with E-state index in [0.717, 1.165) is 17.9 Å². The molecule has 0 spiro atoms. The van der Waals surface area contributed by atoms with Crippen molar-refractivity contribution in [2.75, 3.05) is 13.1 Å². The molecule has 2 saturated carbocycles. The fraction of sp³-hybridized carbons (Fsp3) is 1.00. The Morgan fingerprint density at radius 2 is 1.71 bits per heavy atom. The number of likely N-dealkylation sites (tertiary alicyclic amines) is 1. The van der Waals surface area contributed by atoms with Crippen LogP contribution < -0.4 is 5.73 Å². The second-order valence-corrected chi connectivity index (χ2v) is 5.56. The van der Waals surface area contributed by atoms with E-state index in [1.165, 1.54) is 51.6 Å². The van der Waals surface area contributed by atoms with Crippen molar-refractivity contribution in [1.82, 2.24) is 4.90 Å². The Morgan fingerprint density at radius 1 is 1.00 bits per heavy atom. The van der Waals surface area contributed by atoms with Gasteiger partial charge in [0.05, 0.1) is 0 Å². The Bertz CT molecular complexity index is 208. The van der Waals surface area contributed by atoms with E-state index in [2.05, 4.69) is 4.90 Å². The summed E-state index contributed by atoms with van der Waals surface area (Å²) in [5, 5.41) is 0. The third-order valence-corrected chi connectivity index (χ3v) is 4.42. The van der Waals surface area contributed by atoms with Gasteiger partial charge in [-0.25, -0.2) is 0 Å². The summed E-state index contributed by atoms with van der Waals surface area (Å²) in [6, 6.07) is 1.40. The summed E-state index contributed by atoms with van der Waals surface area (Å²) in [5.41, 5.74) is 6.00. The highest BCUT2D eigenvalue weighted by atomic mass is 15.2. The molecule has 2 atom stereocenters. The maximum Gasteiger partial charge on any atom is 0.0180 e. The first kappa shape index (κ1) is 9.17. The van der Waals surface area contributed by atoms with Gasteiger partial charge in [-0.3, -0.25) is 4.90 Å². The van der Waals surface area contributed by atoms with Crippen LogP contribution in [0.15, 0.2) is 0 Å². The monoisotopic (exact) mass is 194 g/mol. The largest absolute Gasteiger partial charge is 0.326 e. The van der Waals surface area contributed by atoms with Crippen molar-refractivity contribution in [3.05, 3.63) is 0 Å². The molecule has 3 rings (SSSR count). The topological polar surface area (TPSA) is 29.3 Å². The number of hydrogen-bond donors (Lipinski definition) is 1. The van der Waals surface area contributed by atoms with Gasteiger partial charge in [0.15, 0.2) is 0 Å². The Hall–Kier alpha value is -0.0800. The minimum Gasteiger partial charge on any atom is -0.326 e. The molecule has 0 amide bonds. The summed E-state index contributed by atoms with van der Waals surface area (Å²) in [5.74, 6) is 2.08. The van der Waals surface area contributed by atoms with Crippen molar-refractivity contribution < 1.29 is 0 Å². The van der Waals surface area contributed by atoms with Gasteiger partial charge in [-0.1, -0.05) is 6.42 Å². The first-order chi connectivity index (χ1) is 6.84. The molecule has 0 bridgehead atoms. The fourth-order valence-electron chi connectivity index (χ4n) is 3.29. The first-order valence-electron chi connectivity index (χ1n) is 6.34. The van der Waals surface area contributed by atoms with Gasteiger partial charge in [0.2, 0.25) is 0 Å². The van der Waals surface area contributed by atoms with Crippen LogP contribution in [0, 0.1) is 11.8 Å². The quantitative estimate of drug-likeness (QED) is 0.739. The van der Waals surface area contributed by atoms with Crippen LogP contribution in [-0.4, -0.2) is 30.1 Å². The van der Waals surface area contributed by atoms with Crippen molar-refractivity contribution in [3.63, 3.8) is 0 Å². The molecule has 2 aliphatic carbocycles. The average molecular weight is 194 g/mol. The van der Waals surface area contributed by atoms with Gasteiger partial charge >= 0.3 is 0 Å². The molecule has 0 aromatic heterocycles. The molecule has 0 aromatic rings. The van der Waals surface area contributed by atoms with Gasteiger partial charge < -0.3 is 5.73 Å². The van der Waals surface area contributed by atoms with Crippen LogP contribution in [0.25, 0.3) is 0 Å². The predicted molar refractivity (Wildman–Crippen MR) is 58.0 cm³/mol. The summed E-state index contributed by atoms with van der Waals surface area (Å²) in [6.45, 7) is 2.45. The van der Waals surface area contributed by atoms with Gasteiger partial charge in [0.1, 0.15) is 0 Å². The molecule has 1 heterocycles. The normalized spacial score (nSPS) is 37.1. The third kappa shape index (κ3) is 1.59. The molecule has 2 N–H and O–H groups in total. The van der Waals surface area contributed by atoms with E-state index >= 15 is 0 Å². The Labute approximate surface area is 86.8 Å². The van der Waals surface area contributed by atoms with Crippen LogP contribution in [0.1, 0.15) is 38.5 Å². The van der Waals surface area contributed by atoms with Crippen molar-refractivity contribution in [3.8, 4) is 0 Å². The minimum atomic E-state index is 0.469. The zero-order valence-electron chi connectivity index (χ0n) is 8.99. The Balaban J connectivity index is 1.65. The highest BCUT2D eigenvalue weighted by Gasteiger charge is 2.43. The molecule has 2 nitrogen and oxygen atoms in total. The highest BCUT2D eigenvalue weighted by Crippen LogP contribution is 2.45. The number of nitrogens with zero attached hydrogens (tertiary/aromatic N) is 1. The molecule has 3 fully saturated rings. The van der Waals surface area contributed by atoms with E-state index in [1.807, 2.05) is 0 Å². The molecule has 3 aliphatic rings. The van der Waals surface area contributed by atoms with E-state index in [4.69, 9.17) is 5.73 Å². The van der Waals surface area contributed by atoms with Gasteiger partial charge in [0, 0.05) is 25.2 Å². The van der Waals surface area contributed by atoms with Crippen LogP contribution in [-0.2, 0) is 0 Å².